The van der Waals surface area contributed by atoms with Crippen LogP contribution in [0.15, 0.2) is 47.9 Å². The van der Waals surface area contributed by atoms with E-state index in [9.17, 15) is 13.2 Å². The maximum absolute atomic E-state index is 12.5. The van der Waals surface area contributed by atoms with E-state index in [1.807, 2.05) is 17.7 Å². The Morgan fingerprint density at radius 2 is 1.92 bits per heavy atom. The van der Waals surface area contributed by atoms with Gasteiger partial charge in [0.25, 0.3) is 5.91 Å². The lowest BCUT2D eigenvalue weighted by atomic mass is 10.2. The highest BCUT2D eigenvalue weighted by Crippen LogP contribution is 2.21. The topological polar surface area (TPSA) is 84.3 Å². The van der Waals surface area contributed by atoms with Gasteiger partial charge in [-0.15, -0.1) is 0 Å². The van der Waals surface area contributed by atoms with Crippen LogP contribution in [0.25, 0.3) is 0 Å². The SMILES string of the molecule is C[C@H](Cn1ccnc1)NC(=O)c1ccc(S(=O)(=O)N2CCCC2)cc1. The Labute approximate surface area is 147 Å². The number of benzene rings is 1. The number of carbonyl (C=O) groups excluding carboxylic acids is 1. The minimum absolute atomic E-state index is 0.0743. The molecule has 0 spiro atoms. The van der Waals surface area contributed by atoms with Gasteiger partial charge < -0.3 is 9.88 Å². The van der Waals surface area contributed by atoms with E-state index in [-0.39, 0.29) is 16.8 Å². The average molecular weight is 362 g/mol. The number of aromatic nitrogens is 2. The molecule has 1 N–H and O–H groups in total. The van der Waals surface area contributed by atoms with Crippen molar-refractivity contribution in [3.05, 3.63) is 48.5 Å². The van der Waals surface area contributed by atoms with Gasteiger partial charge in [0.1, 0.15) is 0 Å². The van der Waals surface area contributed by atoms with Gasteiger partial charge >= 0.3 is 0 Å². The molecule has 1 aliphatic heterocycles. The van der Waals surface area contributed by atoms with E-state index in [0.717, 1.165) is 12.8 Å². The minimum Gasteiger partial charge on any atom is -0.348 e. The fourth-order valence-corrected chi connectivity index (χ4v) is 4.44. The van der Waals surface area contributed by atoms with E-state index < -0.39 is 10.0 Å². The third-order valence-electron chi connectivity index (χ3n) is 4.24. The number of carbonyl (C=O) groups is 1. The second-order valence-electron chi connectivity index (χ2n) is 6.27. The van der Waals surface area contributed by atoms with Crippen LogP contribution in [0.3, 0.4) is 0 Å². The highest BCUT2D eigenvalue weighted by atomic mass is 32.2. The quantitative estimate of drug-likeness (QED) is 0.844. The summed E-state index contributed by atoms with van der Waals surface area (Å²) in [5.41, 5.74) is 0.442. The van der Waals surface area contributed by atoms with Crippen LogP contribution < -0.4 is 5.32 Å². The molecule has 1 fully saturated rings. The summed E-state index contributed by atoms with van der Waals surface area (Å²) in [4.78, 5) is 16.5. The third kappa shape index (κ3) is 4.08. The molecule has 2 heterocycles. The Morgan fingerprint density at radius 3 is 2.52 bits per heavy atom. The van der Waals surface area contributed by atoms with Crippen LogP contribution in [0.5, 0.6) is 0 Å². The monoisotopic (exact) mass is 362 g/mol. The number of rotatable bonds is 6. The molecule has 134 valence electrons. The number of nitrogens with zero attached hydrogens (tertiary/aromatic N) is 3. The zero-order valence-corrected chi connectivity index (χ0v) is 14.9. The summed E-state index contributed by atoms with van der Waals surface area (Å²) in [5, 5.41) is 2.90. The summed E-state index contributed by atoms with van der Waals surface area (Å²) in [6.45, 7) is 3.66. The van der Waals surface area contributed by atoms with E-state index >= 15 is 0 Å². The lowest BCUT2D eigenvalue weighted by Gasteiger charge is -2.16. The minimum atomic E-state index is -3.45. The predicted octanol–water partition coefficient (Wildman–Crippen LogP) is 1.49. The standard InChI is InChI=1S/C17H22N4O3S/c1-14(12-20-11-8-18-13-20)19-17(22)15-4-6-16(7-5-15)25(23,24)21-9-2-3-10-21/h4-8,11,13-14H,2-3,9-10,12H2,1H3,(H,19,22)/t14-/m1/s1. The lowest BCUT2D eigenvalue weighted by molar-refractivity contribution is 0.0936. The van der Waals surface area contributed by atoms with Crippen molar-refractivity contribution in [1.82, 2.24) is 19.2 Å². The third-order valence-corrected chi connectivity index (χ3v) is 6.15. The largest absolute Gasteiger partial charge is 0.348 e. The van der Waals surface area contributed by atoms with Crippen LogP contribution in [0.2, 0.25) is 0 Å². The first-order valence-corrected chi connectivity index (χ1v) is 9.77. The summed E-state index contributed by atoms with van der Waals surface area (Å²) in [6.07, 6.45) is 7.01. The second kappa shape index (κ2) is 7.37. The van der Waals surface area contributed by atoms with E-state index in [0.29, 0.717) is 25.2 Å². The fourth-order valence-electron chi connectivity index (χ4n) is 2.92. The maximum Gasteiger partial charge on any atom is 0.251 e. The molecule has 1 amide bonds. The summed E-state index contributed by atoms with van der Waals surface area (Å²) in [5.74, 6) is -0.224. The molecule has 0 unspecified atom stereocenters. The van der Waals surface area contributed by atoms with Crippen LogP contribution >= 0.6 is 0 Å². The van der Waals surface area contributed by atoms with Gasteiger partial charge in [-0.1, -0.05) is 0 Å². The number of hydrogen-bond donors (Lipinski definition) is 1. The Hall–Kier alpha value is -2.19. The first-order valence-electron chi connectivity index (χ1n) is 8.33. The molecule has 3 rings (SSSR count). The summed E-state index contributed by atoms with van der Waals surface area (Å²) in [7, 11) is -3.45. The first kappa shape index (κ1) is 17.6. The highest BCUT2D eigenvalue weighted by molar-refractivity contribution is 7.89. The molecule has 0 aliphatic carbocycles. The molecular formula is C17H22N4O3S. The summed E-state index contributed by atoms with van der Waals surface area (Å²) < 4.78 is 28.4. The molecule has 0 saturated carbocycles. The maximum atomic E-state index is 12.5. The predicted molar refractivity (Wildman–Crippen MR) is 93.6 cm³/mol. The number of hydrogen-bond acceptors (Lipinski definition) is 4. The van der Waals surface area contributed by atoms with Crippen LogP contribution in [0.4, 0.5) is 0 Å². The van der Waals surface area contributed by atoms with E-state index in [4.69, 9.17) is 0 Å². The van der Waals surface area contributed by atoms with Gasteiger partial charge in [-0.3, -0.25) is 4.79 Å². The molecule has 1 aromatic carbocycles. The molecule has 0 radical (unpaired) electrons. The van der Waals surface area contributed by atoms with Crippen molar-refractivity contribution in [2.75, 3.05) is 13.1 Å². The average Bonchev–Trinajstić information content (AvgIpc) is 3.28. The smallest absolute Gasteiger partial charge is 0.251 e. The molecule has 0 bridgehead atoms. The van der Waals surface area contributed by atoms with Gasteiger partial charge in [-0.2, -0.15) is 4.31 Å². The van der Waals surface area contributed by atoms with Gasteiger partial charge in [-0.25, -0.2) is 13.4 Å². The van der Waals surface area contributed by atoms with Crippen molar-refractivity contribution in [1.29, 1.82) is 0 Å². The molecule has 1 aliphatic rings. The van der Waals surface area contributed by atoms with Crippen molar-refractivity contribution in [3.8, 4) is 0 Å². The first-order chi connectivity index (χ1) is 12.0. The number of imidazole rings is 1. The molecule has 1 aromatic heterocycles. The van der Waals surface area contributed by atoms with Gasteiger partial charge in [0, 0.05) is 43.6 Å². The van der Waals surface area contributed by atoms with E-state index in [2.05, 4.69) is 10.3 Å². The van der Waals surface area contributed by atoms with Crippen molar-refractivity contribution in [2.45, 2.75) is 37.2 Å². The molecule has 2 aromatic rings. The highest BCUT2D eigenvalue weighted by Gasteiger charge is 2.27. The number of amides is 1. The Balaban J connectivity index is 1.64. The van der Waals surface area contributed by atoms with Crippen LogP contribution in [0.1, 0.15) is 30.1 Å². The molecule has 1 atom stereocenters. The van der Waals surface area contributed by atoms with Crippen molar-refractivity contribution >= 4 is 15.9 Å². The number of nitrogens with one attached hydrogen (secondary N) is 1. The zero-order chi connectivity index (χ0) is 17.9. The fraction of sp³-hybridized carbons (Fsp3) is 0.412. The lowest BCUT2D eigenvalue weighted by Crippen LogP contribution is -2.35. The molecule has 7 nitrogen and oxygen atoms in total. The summed E-state index contributed by atoms with van der Waals surface area (Å²) in [6, 6.07) is 6.05. The second-order valence-corrected chi connectivity index (χ2v) is 8.21. The Bertz CT molecular complexity index is 810. The van der Waals surface area contributed by atoms with Gasteiger partial charge in [-0.05, 0) is 44.0 Å². The zero-order valence-electron chi connectivity index (χ0n) is 14.1. The van der Waals surface area contributed by atoms with Crippen molar-refractivity contribution < 1.29 is 13.2 Å². The normalized spacial score (nSPS) is 16.7. The van der Waals surface area contributed by atoms with Gasteiger partial charge in [0.05, 0.1) is 11.2 Å². The van der Waals surface area contributed by atoms with Gasteiger partial charge in [0.15, 0.2) is 0 Å². The Kier molecular flexibility index (Phi) is 5.19. The van der Waals surface area contributed by atoms with Crippen LogP contribution in [-0.4, -0.2) is 47.3 Å². The summed E-state index contributed by atoms with van der Waals surface area (Å²) >= 11 is 0. The molecule has 25 heavy (non-hydrogen) atoms. The van der Waals surface area contributed by atoms with Crippen LogP contribution in [-0.2, 0) is 16.6 Å². The molecule has 1 saturated heterocycles. The van der Waals surface area contributed by atoms with E-state index in [1.54, 1.807) is 24.7 Å². The number of sulfonamides is 1. The van der Waals surface area contributed by atoms with E-state index in [1.165, 1.54) is 16.4 Å². The Morgan fingerprint density at radius 1 is 1.24 bits per heavy atom. The molecule has 8 heteroatoms. The van der Waals surface area contributed by atoms with Crippen molar-refractivity contribution in [3.63, 3.8) is 0 Å². The van der Waals surface area contributed by atoms with Gasteiger partial charge in [0.2, 0.25) is 10.0 Å². The van der Waals surface area contributed by atoms with Crippen molar-refractivity contribution in [2.24, 2.45) is 0 Å². The molecular weight excluding hydrogens is 340 g/mol. The van der Waals surface area contributed by atoms with Crippen LogP contribution in [0, 0.1) is 0 Å².